The Morgan fingerprint density at radius 2 is 1.52 bits per heavy atom. The fourth-order valence-electron chi connectivity index (χ4n) is 5.57. The molecule has 6 rings (SSSR count). The van der Waals surface area contributed by atoms with Crippen molar-refractivity contribution in [2.75, 3.05) is 34.5 Å². The van der Waals surface area contributed by atoms with Crippen molar-refractivity contribution in [2.45, 2.75) is 19.4 Å². The molecule has 1 atom stereocenters. The molecule has 0 spiro atoms. The highest BCUT2D eigenvalue weighted by atomic mass is 16.5. The van der Waals surface area contributed by atoms with E-state index in [0.29, 0.717) is 18.9 Å². The summed E-state index contributed by atoms with van der Waals surface area (Å²) in [5, 5.41) is 10.6. The number of carbonyl (C=O) groups excluding carboxylic acids is 1. The summed E-state index contributed by atoms with van der Waals surface area (Å²) >= 11 is 0. The van der Waals surface area contributed by atoms with Crippen LogP contribution in [0.5, 0.6) is 23.0 Å². The van der Waals surface area contributed by atoms with Crippen LogP contribution < -0.4 is 18.9 Å². The molecule has 0 bridgehead atoms. The highest BCUT2D eigenvalue weighted by molar-refractivity contribution is 5.94. The zero-order valence-electron chi connectivity index (χ0n) is 26.2. The summed E-state index contributed by atoms with van der Waals surface area (Å²) < 4.78 is 21.7. The minimum absolute atomic E-state index is 0.174. The second kappa shape index (κ2) is 14.4. The third-order valence-corrected chi connectivity index (χ3v) is 7.88. The van der Waals surface area contributed by atoms with Gasteiger partial charge in [-0.15, -0.1) is 0 Å². The van der Waals surface area contributed by atoms with Gasteiger partial charge in [-0.1, -0.05) is 12.2 Å². The summed E-state index contributed by atoms with van der Waals surface area (Å²) in [5.41, 5.74) is 6.09. The second-order valence-electron chi connectivity index (χ2n) is 10.5. The third-order valence-electron chi connectivity index (χ3n) is 7.88. The number of aromatic amines is 2. The van der Waals surface area contributed by atoms with Crippen LogP contribution in [0.4, 0.5) is 0 Å². The van der Waals surface area contributed by atoms with Crippen molar-refractivity contribution in [2.24, 2.45) is 0 Å². The highest BCUT2D eigenvalue weighted by Crippen LogP contribution is 2.39. The van der Waals surface area contributed by atoms with Crippen LogP contribution in [0.25, 0.3) is 34.0 Å². The van der Waals surface area contributed by atoms with Gasteiger partial charge < -0.3 is 38.9 Å². The van der Waals surface area contributed by atoms with Crippen molar-refractivity contribution in [1.82, 2.24) is 14.9 Å². The number of aromatic nitrogens is 2. The summed E-state index contributed by atoms with van der Waals surface area (Å²) in [6.07, 6.45) is 12.2. The number of fused-ring (bicyclic) bond motifs is 3. The average molecular weight is 624 g/mol. The molecule has 0 saturated carbocycles. The Balaban J connectivity index is 0.000000219. The molecule has 1 unspecified atom stereocenters. The lowest BCUT2D eigenvalue weighted by Crippen LogP contribution is -2.33. The molecular formula is C36H37N3O7. The van der Waals surface area contributed by atoms with Gasteiger partial charge in [0.1, 0.15) is 11.5 Å². The van der Waals surface area contributed by atoms with Crippen LogP contribution in [-0.2, 0) is 16.0 Å². The van der Waals surface area contributed by atoms with Crippen molar-refractivity contribution in [3.05, 3.63) is 95.3 Å². The van der Waals surface area contributed by atoms with Crippen molar-refractivity contribution in [3.8, 4) is 23.0 Å². The number of nitrogens with zero attached hydrogens (tertiary/aromatic N) is 1. The standard InChI is InChI=1S/C24H26N2O4.C12H11NO3/c1-4-30-24-13-20-16(11-23(24)29-3)9-10-26(15-27)22(20)8-5-17-14-25-21-7-6-18(28-2)12-19(17)21;1-16-9-3-4-11-10(6-9)8(7-13-11)2-5-12(14)15/h5-8,11-15,22,25H,4,9-10H2,1-3H3;2-7,13H,1H3,(H,14,15)/b8-5+;5-2+. The van der Waals surface area contributed by atoms with Crippen molar-refractivity contribution in [3.63, 3.8) is 0 Å². The highest BCUT2D eigenvalue weighted by Gasteiger charge is 2.26. The molecule has 10 nitrogen and oxygen atoms in total. The van der Waals surface area contributed by atoms with Crippen molar-refractivity contribution >= 4 is 46.3 Å². The summed E-state index contributed by atoms with van der Waals surface area (Å²) in [4.78, 5) is 30.4. The molecule has 5 aromatic rings. The molecule has 238 valence electrons. The SMILES string of the molecule is CCOc1cc2c(cc1OC)CCN(C=O)C2/C=C/c1c[nH]c2ccc(OC)cc12.COc1ccc2[nH]cc(/C=C/C(=O)O)c2c1. The number of carboxylic acid groups (broad SMARTS) is 1. The number of aliphatic carboxylic acids is 1. The molecule has 1 aliphatic heterocycles. The number of H-pyrrole nitrogens is 2. The first-order valence-corrected chi connectivity index (χ1v) is 14.8. The molecule has 3 N–H and O–H groups in total. The van der Waals surface area contributed by atoms with Crippen molar-refractivity contribution < 1.29 is 33.6 Å². The zero-order chi connectivity index (χ0) is 32.6. The second-order valence-corrected chi connectivity index (χ2v) is 10.5. The van der Waals surface area contributed by atoms with E-state index in [9.17, 15) is 9.59 Å². The van der Waals surface area contributed by atoms with Gasteiger partial charge in [-0.25, -0.2) is 4.79 Å². The van der Waals surface area contributed by atoms with Crippen LogP contribution in [0.2, 0.25) is 0 Å². The Kier molecular flexibility index (Phi) is 9.97. The minimum Gasteiger partial charge on any atom is -0.497 e. The molecule has 1 amide bonds. The third kappa shape index (κ3) is 6.86. The van der Waals surface area contributed by atoms with Crippen LogP contribution in [0.3, 0.4) is 0 Å². The van der Waals surface area contributed by atoms with E-state index < -0.39 is 5.97 Å². The van der Waals surface area contributed by atoms with Gasteiger partial charge in [0.15, 0.2) is 11.5 Å². The van der Waals surface area contributed by atoms with Crippen LogP contribution in [0, 0.1) is 0 Å². The summed E-state index contributed by atoms with van der Waals surface area (Å²) in [6, 6.07) is 15.4. The van der Waals surface area contributed by atoms with E-state index in [-0.39, 0.29) is 6.04 Å². The number of methoxy groups -OCH3 is 3. The maximum atomic E-state index is 11.8. The molecule has 0 radical (unpaired) electrons. The molecule has 0 fully saturated rings. The molecule has 46 heavy (non-hydrogen) atoms. The number of hydrogen-bond acceptors (Lipinski definition) is 6. The van der Waals surface area contributed by atoms with Crippen LogP contribution in [0.15, 0.2) is 73.1 Å². The van der Waals surface area contributed by atoms with Crippen LogP contribution >= 0.6 is 0 Å². The fraction of sp³-hybridized carbons (Fsp3) is 0.222. The molecular weight excluding hydrogens is 586 g/mol. The zero-order valence-corrected chi connectivity index (χ0v) is 26.2. The summed E-state index contributed by atoms with van der Waals surface area (Å²) in [6.45, 7) is 3.15. The van der Waals surface area contributed by atoms with Gasteiger partial charge in [0.2, 0.25) is 6.41 Å². The van der Waals surface area contributed by atoms with Gasteiger partial charge in [-0.3, -0.25) is 4.79 Å². The molecule has 0 aliphatic carbocycles. The Hall–Kier alpha value is -5.64. The number of rotatable bonds is 10. The number of carboxylic acids is 1. The average Bonchev–Trinajstić information content (AvgIpc) is 3.69. The van der Waals surface area contributed by atoms with Gasteiger partial charge in [-0.2, -0.15) is 0 Å². The first-order valence-electron chi connectivity index (χ1n) is 14.8. The molecule has 3 heterocycles. The number of amides is 1. The first-order chi connectivity index (χ1) is 22.4. The smallest absolute Gasteiger partial charge is 0.328 e. The maximum absolute atomic E-state index is 11.8. The Labute approximate surface area is 266 Å². The topological polar surface area (TPSA) is 126 Å². The van der Waals surface area contributed by atoms with Gasteiger partial charge in [0, 0.05) is 52.4 Å². The summed E-state index contributed by atoms with van der Waals surface area (Å²) in [7, 11) is 4.91. The first kappa shape index (κ1) is 31.8. The number of carbonyl (C=O) groups is 2. The van der Waals surface area contributed by atoms with Gasteiger partial charge in [0.25, 0.3) is 0 Å². The van der Waals surface area contributed by atoms with E-state index in [2.05, 4.69) is 22.1 Å². The molecule has 1 aliphatic rings. The predicted molar refractivity (Wildman–Crippen MR) is 179 cm³/mol. The monoisotopic (exact) mass is 623 g/mol. The number of hydrogen-bond donors (Lipinski definition) is 3. The number of nitrogens with one attached hydrogen (secondary N) is 2. The Bertz CT molecular complexity index is 1900. The maximum Gasteiger partial charge on any atom is 0.328 e. The van der Waals surface area contributed by atoms with Crippen molar-refractivity contribution in [1.29, 1.82) is 0 Å². The Morgan fingerprint density at radius 3 is 2.07 bits per heavy atom. The lowest BCUT2D eigenvalue weighted by Gasteiger charge is -2.33. The lowest BCUT2D eigenvalue weighted by molar-refractivity contribution is -0.131. The van der Waals surface area contributed by atoms with Gasteiger partial charge in [-0.05, 0) is 84.6 Å². The van der Waals surface area contributed by atoms with E-state index in [1.54, 1.807) is 33.6 Å². The van der Waals surface area contributed by atoms with Gasteiger partial charge >= 0.3 is 5.97 Å². The number of benzene rings is 3. The largest absolute Gasteiger partial charge is 0.497 e. The molecule has 10 heteroatoms. The molecule has 0 saturated heterocycles. The minimum atomic E-state index is -0.961. The fourth-order valence-corrected chi connectivity index (χ4v) is 5.57. The predicted octanol–water partition coefficient (Wildman–Crippen LogP) is 6.63. The van der Waals surface area contributed by atoms with E-state index in [0.717, 1.165) is 74.7 Å². The van der Waals surface area contributed by atoms with E-state index >= 15 is 0 Å². The van der Waals surface area contributed by atoms with E-state index in [4.69, 9.17) is 24.1 Å². The Morgan fingerprint density at radius 1 is 0.891 bits per heavy atom. The van der Waals surface area contributed by atoms with E-state index in [1.165, 1.54) is 5.56 Å². The number of ether oxygens (including phenoxy) is 4. The quantitative estimate of drug-likeness (QED) is 0.118. The van der Waals surface area contributed by atoms with E-state index in [1.807, 2.05) is 66.6 Å². The normalized spacial score (nSPS) is 14.3. The molecule has 3 aromatic carbocycles. The molecule has 2 aromatic heterocycles. The summed E-state index contributed by atoms with van der Waals surface area (Å²) in [5.74, 6) is 2.01. The lowest BCUT2D eigenvalue weighted by atomic mass is 9.91. The van der Waals surface area contributed by atoms with Gasteiger partial charge in [0.05, 0.1) is 34.0 Å². The van der Waals surface area contributed by atoms with Crippen LogP contribution in [-0.4, -0.2) is 66.8 Å². The van der Waals surface area contributed by atoms with Crippen LogP contribution in [0.1, 0.15) is 35.2 Å².